The minimum Gasteiger partial charge on any atom is -0.491 e. The fourth-order valence-electron chi connectivity index (χ4n) is 2.97. The smallest absolute Gasteiger partial charge is 0.261 e. The molecule has 0 aliphatic rings. The Morgan fingerprint density at radius 2 is 1.75 bits per heavy atom. The second kappa shape index (κ2) is 10.1. The predicted molar refractivity (Wildman–Crippen MR) is 127 cm³/mol. The fraction of sp³-hybridized carbons (Fsp3) is 0.208. The first-order chi connectivity index (χ1) is 15.1. The van der Waals surface area contributed by atoms with E-state index in [-0.39, 0.29) is 33.2 Å². The van der Waals surface area contributed by atoms with E-state index in [2.05, 4.69) is 10.0 Å². The number of hydrogen-bond acceptors (Lipinski definition) is 4. The number of benzene rings is 3. The third-order valence-electron chi connectivity index (χ3n) is 4.52. The number of nitrogens with one attached hydrogen (secondary N) is 2. The molecule has 6 nitrogen and oxygen atoms in total. The van der Waals surface area contributed by atoms with E-state index in [1.165, 1.54) is 30.3 Å². The zero-order valence-electron chi connectivity index (χ0n) is 18.1. The Morgan fingerprint density at radius 3 is 2.41 bits per heavy atom. The summed E-state index contributed by atoms with van der Waals surface area (Å²) in [6.45, 7) is 6.07. The highest BCUT2D eigenvalue weighted by Crippen LogP contribution is 2.24. The molecule has 0 saturated heterocycles. The highest BCUT2D eigenvalue weighted by Gasteiger charge is 2.16. The Balaban J connectivity index is 1.67. The number of halogens is 1. The van der Waals surface area contributed by atoms with Crippen LogP contribution in [0.1, 0.15) is 35.3 Å². The number of hydrogen-bond donors (Lipinski definition) is 2. The molecule has 0 aliphatic heterocycles. The monoisotopic (exact) mass is 472 g/mol. The van der Waals surface area contributed by atoms with E-state index >= 15 is 0 Å². The van der Waals surface area contributed by atoms with Crippen LogP contribution in [0.15, 0.2) is 71.6 Å². The molecule has 0 bridgehead atoms. The summed E-state index contributed by atoms with van der Waals surface area (Å²) in [5.41, 5.74) is 2.36. The first kappa shape index (κ1) is 23.6. The van der Waals surface area contributed by atoms with Gasteiger partial charge in [-0.3, -0.25) is 9.52 Å². The number of amides is 1. The van der Waals surface area contributed by atoms with Gasteiger partial charge in [0, 0.05) is 6.54 Å². The molecule has 0 fully saturated rings. The average molecular weight is 473 g/mol. The van der Waals surface area contributed by atoms with Crippen molar-refractivity contribution in [1.29, 1.82) is 0 Å². The van der Waals surface area contributed by atoms with Crippen molar-refractivity contribution in [3.05, 3.63) is 88.4 Å². The minimum absolute atomic E-state index is 0.0561. The first-order valence-electron chi connectivity index (χ1n) is 10.1. The van der Waals surface area contributed by atoms with Gasteiger partial charge in [-0.15, -0.1) is 0 Å². The molecule has 0 aliphatic carbocycles. The van der Waals surface area contributed by atoms with Gasteiger partial charge in [-0.05, 0) is 68.8 Å². The fourth-order valence-corrected chi connectivity index (χ4v) is 4.29. The topological polar surface area (TPSA) is 84.5 Å². The van der Waals surface area contributed by atoms with Gasteiger partial charge in [0.05, 0.1) is 27.3 Å². The molecule has 0 atom stereocenters. The molecule has 0 unspecified atom stereocenters. The normalized spacial score (nSPS) is 11.3. The van der Waals surface area contributed by atoms with Crippen molar-refractivity contribution in [3.8, 4) is 5.75 Å². The Bertz CT molecular complexity index is 1210. The van der Waals surface area contributed by atoms with Gasteiger partial charge in [-0.25, -0.2) is 8.42 Å². The van der Waals surface area contributed by atoms with Crippen LogP contribution in [0.3, 0.4) is 0 Å². The summed E-state index contributed by atoms with van der Waals surface area (Å²) in [5, 5.41) is 2.96. The van der Waals surface area contributed by atoms with Crippen molar-refractivity contribution in [1.82, 2.24) is 5.32 Å². The van der Waals surface area contributed by atoms with Crippen LogP contribution < -0.4 is 14.8 Å². The van der Waals surface area contributed by atoms with E-state index in [0.29, 0.717) is 6.54 Å². The van der Waals surface area contributed by atoms with Crippen molar-refractivity contribution < 1.29 is 17.9 Å². The van der Waals surface area contributed by atoms with Gasteiger partial charge in [0.15, 0.2) is 0 Å². The zero-order valence-corrected chi connectivity index (χ0v) is 19.6. The molecule has 2 N–H and O–H groups in total. The van der Waals surface area contributed by atoms with Crippen LogP contribution in [-0.2, 0) is 16.6 Å². The molecule has 3 rings (SSSR count). The maximum Gasteiger partial charge on any atom is 0.261 e. The van der Waals surface area contributed by atoms with Crippen molar-refractivity contribution in [2.75, 3.05) is 4.72 Å². The van der Waals surface area contributed by atoms with Crippen molar-refractivity contribution in [2.24, 2.45) is 0 Å². The average Bonchev–Trinajstić information content (AvgIpc) is 2.72. The molecule has 0 spiro atoms. The lowest BCUT2D eigenvalue weighted by molar-refractivity contribution is 0.0951. The van der Waals surface area contributed by atoms with E-state index < -0.39 is 10.0 Å². The van der Waals surface area contributed by atoms with Crippen molar-refractivity contribution >= 4 is 33.2 Å². The number of aryl methyl sites for hydroxylation is 1. The number of rotatable bonds is 8. The van der Waals surface area contributed by atoms with Gasteiger partial charge in [-0.2, -0.15) is 0 Å². The quantitative estimate of drug-likeness (QED) is 0.474. The Hall–Kier alpha value is -3.03. The van der Waals surface area contributed by atoms with E-state index in [4.69, 9.17) is 16.3 Å². The lowest BCUT2D eigenvalue weighted by Gasteiger charge is -2.12. The molecule has 0 heterocycles. The van der Waals surface area contributed by atoms with Crippen LogP contribution in [0.5, 0.6) is 5.75 Å². The van der Waals surface area contributed by atoms with E-state index in [0.717, 1.165) is 16.9 Å². The van der Waals surface area contributed by atoms with Gasteiger partial charge in [-0.1, -0.05) is 41.4 Å². The lowest BCUT2D eigenvalue weighted by atomic mass is 10.1. The Morgan fingerprint density at radius 1 is 1.03 bits per heavy atom. The summed E-state index contributed by atoms with van der Waals surface area (Å²) in [5.74, 6) is 0.369. The Kier molecular flexibility index (Phi) is 7.43. The predicted octanol–water partition coefficient (Wildman–Crippen LogP) is 5.17. The van der Waals surface area contributed by atoms with Crippen LogP contribution in [0.2, 0.25) is 5.02 Å². The van der Waals surface area contributed by atoms with Crippen molar-refractivity contribution in [3.63, 3.8) is 0 Å². The largest absolute Gasteiger partial charge is 0.491 e. The van der Waals surface area contributed by atoms with Crippen LogP contribution >= 0.6 is 11.6 Å². The van der Waals surface area contributed by atoms with E-state index in [1.54, 1.807) is 12.1 Å². The minimum atomic E-state index is -3.76. The van der Waals surface area contributed by atoms with Crippen LogP contribution in [0.25, 0.3) is 0 Å². The summed E-state index contributed by atoms with van der Waals surface area (Å²) in [4.78, 5) is 12.7. The third-order valence-corrected chi connectivity index (χ3v) is 6.23. The summed E-state index contributed by atoms with van der Waals surface area (Å²) < 4.78 is 33.3. The van der Waals surface area contributed by atoms with E-state index in [9.17, 15) is 13.2 Å². The molecule has 3 aromatic rings. The summed E-state index contributed by atoms with van der Waals surface area (Å²) in [6, 6.07) is 18.4. The molecule has 0 aromatic heterocycles. The van der Waals surface area contributed by atoms with E-state index in [1.807, 2.05) is 45.0 Å². The van der Waals surface area contributed by atoms with Gasteiger partial charge < -0.3 is 10.1 Å². The number of carbonyl (C=O) groups excluding carboxylic acids is 1. The molecular formula is C24H25ClN2O4S. The second-order valence-electron chi connectivity index (χ2n) is 7.61. The standard InChI is InChI=1S/C24H25ClN2O4S/c1-16(2)31-20-6-4-5-18(13-20)15-26-24(28)22-12-9-19(14-23(22)25)27-32(29,30)21-10-7-17(3)8-11-21/h4-14,16,27H,15H2,1-3H3,(H,26,28). The van der Waals surface area contributed by atoms with Crippen molar-refractivity contribution in [2.45, 2.75) is 38.3 Å². The molecule has 0 saturated carbocycles. The maximum absolute atomic E-state index is 12.6. The SMILES string of the molecule is Cc1ccc(S(=O)(=O)Nc2ccc(C(=O)NCc3cccc(OC(C)C)c3)c(Cl)c2)cc1. The summed E-state index contributed by atoms with van der Waals surface area (Å²) in [7, 11) is -3.76. The van der Waals surface area contributed by atoms with Gasteiger partial charge in [0.2, 0.25) is 0 Å². The maximum atomic E-state index is 12.6. The zero-order chi connectivity index (χ0) is 23.3. The second-order valence-corrected chi connectivity index (χ2v) is 9.70. The number of ether oxygens (including phenoxy) is 1. The van der Waals surface area contributed by atoms with Crippen LogP contribution in [0.4, 0.5) is 5.69 Å². The van der Waals surface area contributed by atoms with Crippen LogP contribution in [0, 0.1) is 6.92 Å². The van der Waals surface area contributed by atoms with Gasteiger partial charge >= 0.3 is 0 Å². The molecule has 8 heteroatoms. The molecule has 3 aromatic carbocycles. The molecule has 0 radical (unpaired) electrons. The first-order valence-corrected chi connectivity index (χ1v) is 11.9. The van der Waals surface area contributed by atoms with Gasteiger partial charge in [0.1, 0.15) is 5.75 Å². The third kappa shape index (κ3) is 6.24. The molecular weight excluding hydrogens is 448 g/mol. The van der Waals surface area contributed by atoms with Crippen LogP contribution in [-0.4, -0.2) is 20.4 Å². The summed E-state index contributed by atoms with van der Waals surface area (Å²) >= 11 is 6.27. The number of anilines is 1. The lowest BCUT2D eigenvalue weighted by Crippen LogP contribution is -2.23. The molecule has 168 valence electrons. The molecule has 32 heavy (non-hydrogen) atoms. The highest BCUT2D eigenvalue weighted by molar-refractivity contribution is 7.92. The van der Waals surface area contributed by atoms with Gasteiger partial charge in [0.25, 0.3) is 15.9 Å². The summed E-state index contributed by atoms with van der Waals surface area (Å²) in [6.07, 6.45) is 0.0561. The Labute approximate surface area is 193 Å². The highest BCUT2D eigenvalue weighted by atomic mass is 35.5. The molecule has 1 amide bonds. The number of sulfonamides is 1. The number of carbonyl (C=O) groups is 1.